The van der Waals surface area contributed by atoms with Crippen LogP contribution in [0.5, 0.6) is 0 Å². The first kappa shape index (κ1) is 24.2. The van der Waals surface area contributed by atoms with E-state index in [0.717, 1.165) is 68.2 Å². The van der Waals surface area contributed by atoms with E-state index in [1.54, 1.807) is 5.57 Å². The van der Waals surface area contributed by atoms with Crippen molar-refractivity contribution in [1.82, 2.24) is 0 Å². The zero-order valence-electron chi connectivity index (χ0n) is 21.0. The van der Waals surface area contributed by atoms with E-state index in [9.17, 15) is 0 Å². The monoisotopic (exact) mass is 580 g/mol. The smallest absolute Gasteiger partial charge is 0.172 e. The third kappa shape index (κ3) is 3.68. The Balaban J connectivity index is 1.29. The molecule has 5 fully saturated rings. The molecule has 5 heteroatoms. The number of rotatable bonds is 2. The molecule has 2 heterocycles. The molecule has 4 nitrogen and oxygen atoms in total. The van der Waals surface area contributed by atoms with Gasteiger partial charge in [-0.1, -0.05) is 59.9 Å². The Morgan fingerprint density at radius 2 is 1.82 bits per heavy atom. The zero-order chi connectivity index (χ0) is 23.4. The highest BCUT2D eigenvalue weighted by atomic mass is 127. The minimum Gasteiger partial charge on any atom is -0.353 e. The van der Waals surface area contributed by atoms with E-state index in [4.69, 9.17) is 18.9 Å². The highest BCUT2D eigenvalue weighted by Crippen LogP contribution is 2.68. The molecule has 7 atom stereocenters. The molecule has 6 aliphatic rings. The number of halogens is 1. The molecule has 6 rings (SSSR count). The summed E-state index contributed by atoms with van der Waals surface area (Å²) in [6, 6.07) is 0. The van der Waals surface area contributed by atoms with E-state index in [1.165, 1.54) is 38.5 Å². The van der Waals surface area contributed by atoms with Gasteiger partial charge in [-0.25, -0.2) is 0 Å². The Morgan fingerprint density at radius 3 is 2.59 bits per heavy atom. The SMILES string of the molecule is C[C@]12CCC3(CC1=CCC1C2CC[C@@]2(C)C1CCC2(C#CCI)OC1CCCCO1)OCCO3. The summed E-state index contributed by atoms with van der Waals surface area (Å²) in [6.45, 7) is 7.41. The molecule has 34 heavy (non-hydrogen) atoms. The van der Waals surface area contributed by atoms with Crippen LogP contribution in [0.2, 0.25) is 0 Å². The first-order chi connectivity index (χ1) is 16.4. The van der Waals surface area contributed by atoms with Crippen LogP contribution in [-0.4, -0.2) is 41.9 Å². The van der Waals surface area contributed by atoms with Crippen LogP contribution in [0, 0.1) is 40.4 Å². The van der Waals surface area contributed by atoms with Gasteiger partial charge in [-0.05, 0) is 81.0 Å². The van der Waals surface area contributed by atoms with E-state index in [0.29, 0.717) is 5.92 Å². The van der Waals surface area contributed by atoms with Crippen molar-refractivity contribution < 1.29 is 18.9 Å². The van der Waals surface area contributed by atoms with Crippen molar-refractivity contribution in [3.05, 3.63) is 11.6 Å². The molecule has 4 aliphatic carbocycles. The fourth-order valence-corrected chi connectivity index (χ4v) is 9.17. The summed E-state index contributed by atoms with van der Waals surface area (Å²) in [7, 11) is 0. The normalized spacial score (nSPS) is 47.2. The molecule has 0 N–H and O–H groups in total. The van der Waals surface area contributed by atoms with Gasteiger partial charge in [0.25, 0.3) is 0 Å². The van der Waals surface area contributed by atoms with Gasteiger partial charge in [0.1, 0.15) is 5.60 Å². The standard InChI is InChI=1S/C29H41IO4/c1-26-14-15-29(32-18-19-33-29)20-21(26)7-8-22-23(26)9-12-27(2)24(22)10-13-28(27,11-5-16-30)34-25-6-3-4-17-31-25/h7,22-25H,3-4,6,8-10,12-20H2,1-2H3/t22?,23?,24?,25?,26-,27-,28?/m0/s1. The number of ether oxygens (including phenoxy) is 4. The molecular formula is C29H41IO4. The number of hydrogen-bond acceptors (Lipinski definition) is 4. The third-order valence-corrected chi connectivity index (χ3v) is 11.3. The molecule has 0 amide bonds. The first-order valence-electron chi connectivity index (χ1n) is 13.8. The van der Waals surface area contributed by atoms with Gasteiger partial charge in [-0.2, -0.15) is 0 Å². The van der Waals surface area contributed by atoms with Crippen LogP contribution in [0.25, 0.3) is 0 Å². The Bertz CT molecular complexity index is 878. The van der Waals surface area contributed by atoms with Gasteiger partial charge in [0, 0.05) is 24.9 Å². The highest BCUT2D eigenvalue weighted by molar-refractivity contribution is 14.1. The van der Waals surface area contributed by atoms with Crippen LogP contribution in [0.1, 0.15) is 84.5 Å². The Hall–Kier alpha value is -0.130. The maximum absolute atomic E-state index is 6.94. The lowest BCUT2D eigenvalue weighted by molar-refractivity contribution is -0.242. The maximum Gasteiger partial charge on any atom is 0.172 e. The van der Waals surface area contributed by atoms with Gasteiger partial charge in [0.05, 0.1) is 17.6 Å². The Morgan fingerprint density at radius 1 is 1.00 bits per heavy atom. The van der Waals surface area contributed by atoms with E-state index in [1.807, 2.05) is 0 Å². The van der Waals surface area contributed by atoms with Crippen LogP contribution in [0.15, 0.2) is 11.6 Å². The molecule has 0 aromatic heterocycles. The summed E-state index contributed by atoms with van der Waals surface area (Å²) >= 11 is 2.38. The summed E-state index contributed by atoms with van der Waals surface area (Å²) in [5, 5.41) is 0. The molecule has 5 unspecified atom stereocenters. The van der Waals surface area contributed by atoms with Crippen molar-refractivity contribution in [1.29, 1.82) is 0 Å². The van der Waals surface area contributed by atoms with Crippen LogP contribution < -0.4 is 0 Å². The van der Waals surface area contributed by atoms with Crippen molar-refractivity contribution in [2.75, 3.05) is 24.2 Å². The van der Waals surface area contributed by atoms with E-state index >= 15 is 0 Å². The number of allylic oxidation sites excluding steroid dienone is 1. The quantitative estimate of drug-likeness (QED) is 0.164. The molecule has 2 aliphatic heterocycles. The average Bonchev–Trinajstić information content (AvgIpc) is 3.42. The molecule has 2 saturated heterocycles. The van der Waals surface area contributed by atoms with E-state index in [-0.39, 0.29) is 28.5 Å². The third-order valence-electron chi connectivity index (χ3n) is 10.9. The zero-order valence-corrected chi connectivity index (χ0v) is 23.2. The summed E-state index contributed by atoms with van der Waals surface area (Å²) in [5.74, 6) is 8.99. The van der Waals surface area contributed by atoms with Crippen molar-refractivity contribution in [2.45, 2.75) is 102 Å². The van der Waals surface area contributed by atoms with Gasteiger partial charge >= 0.3 is 0 Å². The van der Waals surface area contributed by atoms with E-state index in [2.05, 4.69) is 54.4 Å². The van der Waals surface area contributed by atoms with Crippen molar-refractivity contribution in [3.63, 3.8) is 0 Å². The Labute approximate surface area is 219 Å². The molecule has 1 spiro atoms. The largest absolute Gasteiger partial charge is 0.353 e. The predicted molar refractivity (Wildman–Crippen MR) is 140 cm³/mol. The molecular weight excluding hydrogens is 539 g/mol. The van der Waals surface area contributed by atoms with Crippen LogP contribution in [0.3, 0.4) is 0 Å². The lowest BCUT2D eigenvalue weighted by Gasteiger charge is -2.59. The lowest BCUT2D eigenvalue weighted by Crippen LogP contribution is -2.56. The maximum atomic E-state index is 6.94. The van der Waals surface area contributed by atoms with E-state index < -0.39 is 0 Å². The summed E-state index contributed by atoms with van der Waals surface area (Å²) in [5.41, 5.74) is 1.65. The topological polar surface area (TPSA) is 36.9 Å². The second kappa shape index (κ2) is 9.01. The number of fused-ring (bicyclic) bond motifs is 5. The van der Waals surface area contributed by atoms with Crippen LogP contribution >= 0.6 is 22.6 Å². The predicted octanol–water partition coefficient (Wildman–Crippen LogP) is 6.41. The molecule has 188 valence electrons. The van der Waals surface area contributed by atoms with Crippen molar-refractivity contribution in [3.8, 4) is 11.8 Å². The first-order valence-corrected chi connectivity index (χ1v) is 15.3. The highest BCUT2D eigenvalue weighted by Gasteiger charge is 2.65. The summed E-state index contributed by atoms with van der Waals surface area (Å²) in [4.78, 5) is 0. The summed E-state index contributed by atoms with van der Waals surface area (Å²) in [6.07, 6.45) is 15.1. The minimum absolute atomic E-state index is 0.0816. The number of alkyl halides is 1. The van der Waals surface area contributed by atoms with Crippen molar-refractivity contribution >= 4 is 22.6 Å². The molecule has 0 aromatic rings. The average molecular weight is 581 g/mol. The van der Waals surface area contributed by atoms with Gasteiger partial charge in [0.15, 0.2) is 12.1 Å². The molecule has 0 radical (unpaired) electrons. The van der Waals surface area contributed by atoms with Crippen LogP contribution in [0.4, 0.5) is 0 Å². The molecule has 0 aromatic carbocycles. The minimum atomic E-state index is -0.358. The van der Waals surface area contributed by atoms with Crippen LogP contribution in [-0.2, 0) is 18.9 Å². The number of hydrogen-bond donors (Lipinski definition) is 0. The second-order valence-corrected chi connectivity index (χ2v) is 13.0. The van der Waals surface area contributed by atoms with Gasteiger partial charge in [0.2, 0.25) is 0 Å². The summed E-state index contributed by atoms with van der Waals surface area (Å²) < 4.78 is 26.1. The molecule has 3 saturated carbocycles. The van der Waals surface area contributed by atoms with Gasteiger partial charge in [-0.3, -0.25) is 0 Å². The van der Waals surface area contributed by atoms with Crippen molar-refractivity contribution in [2.24, 2.45) is 28.6 Å². The van der Waals surface area contributed by atoms with Gasteiger partial charge in [-0.15, -0.1) is 0 Å². The second-order valence-electron chi connectivity index (χ2n) is 12.2. The fraction of sp³-hybridized carbons (Fsp3) is 0.862. The lowest BCUT2D eigenvalue weighted by atomic mass is 9.46. The fourth-order valence-electron chi connectivity index (χ4n) is 8.98. The van der Waals surface area contributed by atoms with Gasteiger partial charge < -0.3 is 18.9 Å². The molecule has 0 bridgehead atoms. The Kier molecular flexibility index (Phi) is 6.42.